The topological polar surface area (TPSA) is 38.0 Å². The van der Waals surface area contributed by atoms with Gasteiger partial charge in [-0.05, 0) is 12.3 Å². The summed E-state index contributed by atoms with van der Waals surface area (Å²) in [7, 11) is 0. The van der Waals surface area contributed by atoms with Crippen LogP contribution in [-0.4, -0.2) is 28.6 Å². The van der Waals surface area contributed by atoms with Crippen molar-refractivity contribution in [1.82, 2.24) is 5.43 Å². The Morgan fingerprint density at radius 2 is 2.27 bits per heavy atom. The molecule has 3 atom stereocenters. The van der Waals surface area contributed by atoms with Crippen LogP contribution in [0.25, 0.3) is 0 Å². The normalized spacial score (nSPS) is 26.2. The van der Waals surface area contributed by atoms with E-state index in [2.05, 4.69) is 42.8 Å². The average molecular weight is 248 g/mol. The highest BCUT2D eigenvalue weighted by Crippen LogP contribution is 2.29. The summed E-state index contributed by atoms with van der Waals surface area (Å²) in [5.74, 6) is 10.3. The molecule has 0 saturated carbocycles. The summed E-state index contributed by atoms with van der Waals surface area (Å²) in [6.07, 6.45) is 3.83. The fourth-order valence-electron chi connectivity index (χ4n) is 2.11. The lowest BCUT2D eigenvalue weighted by molar-refractivity contribution is 0.386. The van der Waals surface area contributed by atoms with E-state index in [-0.39, 0.29) is 0 Å². The summed E-state index contributed by atoms with van der Waals surface area (Å²) in [5.41, 5.74) is 3.03. The molecule has 0 aliphatic carbocycles. The maximum Gasteiger partial charge on any atom is 0.0339 e. The third-order valence-electron chi connectivity index (χ3n) is 2.94. The van der Waals surface area contributed by atoms with Crippen LogP contribution in [0.4, 0.5) is 0 Å². The zero-order valence-electron chi connectivity index (χ0n) is 9.87. The number of rotatable bonds is 6. The smallest absolute Gasteiger partial charge is 0.0339 e. The standard InChI is InChI=1S/C11H24N2S2/c1-3-4-9(2)7-10(13-12)11-8-14-5-6-15-11/h9-11,13H,3-8,12H2,1-2H3. The van der Waals surface area contributed by atoms with Crippen molar-refractivity contribution in [1.29, 1.82) is 0 Å². The van der Waals surface area contributed by atoms with Crippen LogP contribution < -0.4 is 11.3 Å². The van der Waals surface area contributed by atoms with Crippen LogP contribution in [0.2, 0.25) is 0 Å². The molecule has 15 heavy (non-hydrogen) atoms. The summed E-state index contributed by atoms with van der Waals surface area (Å²) >= 11 is 4.16. The fraction of sp³-hybridized carbons (Fsp3) is 1.00. The first-order valence-electron chi connectivity index (χ1n) is 5.93. The SMILES string of the molecule is CCCC(C)CC(NN)C1CSCCS1. The monoisotopic (exact) mass is 248 g/mol. The van der Waals surface area contributed by atoms with Crippen molar-refractivity contribution in [3.05, 3.63) is 0 Å². The molecule has 1 saturated heterocycles. The molecule has 1 rings (SSSR count). The molecule has 4 heteroatoms. The minimum Gasteiger partial charge on any atom is -0.271 e. The van der Waals surface area contributed by atoms with Gasteiger partial charge >= 0.3 is 0 Å². The first-order chi connectivity index (χ1) is 7.27. The second-order valence-corrected chi connectivity index (χ2v) is 6.88. The van der Waals surface area contributed by atoms with Crippen LogP contribution in [-0.2, 0) is 0 Å². The van der Waals surface area contributed by atoms with Gasteiger partial charge in [0.05, 0.1) is 0 Å². The minimum atomic E-state index is 0.504. The molecule has 2 nitrogen and oxygen atoms in total. The molecule has 1 aliphatic heterocycles. The average Bonchev–Trinajstić information content (AvgIpc) is 2.27. The van der Waals surface area contributed by atoms with E-state index in [9.17, 15) is 0 Å². The lowest BCUT2D eigenvalue weighted by Crippen LogP contribution is -2.45. The van der Waals surface area contributed by atoms with Crippen molar-refractivity contribution < 1.29 is 0 Å². The van der Waals surface area contributed by atoms with Crippen LogP contribution in [0, 0.1) is 5.92 Å². The molecule has 0 bridgehead atoms. The lowest BCUT2D eigenvalue weighted by Gasteiger charge is -2.30. The maximum atomic E-state index is 5.68. The summed E-state index contributed by atoms with van der Waals surface area (Å²) < 4.78 is 0. The highest BCUT2D eigenvalue weighted by Gasteiger charge is 2.24. The van der Waals surface area contributed by atoms with Crippen LogP contribution in [0.5, 0.6) is 0 Å². The summed E-state index contributed by atoms with van der Waals surface area (Å²) in [5, 5.41) is 0.716. The molecule has 90 valence electrons. The minimum absolute atomic E-state index is 0.504. The van der Waals surface area contributed by atoms with Crippen LogP contribution in [0.3, 0.4) is 0 Å². The number of hydrazine groups is 1. The molecular formula is C11H24N2S2. The Morgan fingerprint density at radius 1 is 1.47 bits per heavy atom. The van der Waals surface area contributed by atoms with Gasteiger partial charge in [-0.25, -0.2) is 0 Å². The highest BCUT2D eigenvalue weighted by atomic mass is 32.2. The molecule has 0 radical (unpaired) electrons. The molecule has 1 heterocycles. The zero-order valence-corrected chi connectivity index (χ0v) is 11.5. The van der Waals surface area contributed by atoms with Crippen molar-refractivity contribution in [3.63, 3.8) is 0 Å². The van der Waals surface area contributed by atoms with Gasteiger partial charge < -0.3 is 0 Å². The Morgan fingerprint density at radius 3 is 2.80 bits per heavy atom. The third-order valence-corrected chi connectivity index (χ3v) is 5.86. The Balaban J connectivity index is 2.32. The van der Waals surface area contributed by atoms with E-state index in [1.165, 1.54) is 36.5 Å². The molecule has 0 spiro atoms. The molecule has 3 N–H and O–H groups in total. The Kier molecular flexibility index (Phi) is 7.14. The number of nitrogens with one attached hydrogen (secondary N) is 1. The predicted molar refractivity (Wildman–Crippen MR) is 73.4 cm³/mol. The fourth-order valence-corrected chi connectivity index (χ4v) is 5.00. The number of thioether (sulfide) groups is 2. The molecule has 0 aromatic rings. The Bertz CT molecular complexity index is 161. The zero-order chi connectivity index (χ0) is 11.1. The quantitative estimate of drug-likeness (QED) is 0.559. The summed E-state index contributed by atoms with van der Waals surface area (Å²) in [4.78, 5) is 0. The van der Waals surface area contributed by atoms with Crippen LogP contribution in [0.1, 0.15) is 33.1 Å². The van der Waals surface area contributed by atoms with E-state index >= 15 is 0 Å². The van der Waals surface area contributed by atoms with E-state index in [0.717, 1.165) is 5.92 Å². The Hall–Kier alpha value is 0.620. The molecule has 3 unspecified atom stereocenters. The first kappa shape index (κ1) is 13.7. The van der Waals surface area contributed by atoms with E-state index in [4.69, 9.17) is 5.84 Å². The van der Waals surface area contributed by atoms with E-state index < -0.39 is 0 Å². The highest BCUT2D eigenvalue weighted by molar-refractivity contribution is 8.06. The molecule has 0 aromatic heterocycles. The summed E-state index contributed by atoms with van der Waals surface area (Å²) in [6.45, 7) is 4.60. The number of nitrogens with two attached hydrogens (primary N) is 1. The van der Waals surface area contributed by atoms with Crippen molar-refractivity contribution in [2.24, 2.45) is 11.8 Å². The lowest BCUT2D eigenvalue weighted by atomic mass is 9.96. The number of hydrogen-bond acceptors (Lipinski definition) is 4. The van der Waals surface area contributed by atoms with E-state index in [1.807, 2.05) is 0 Å². The van der Waals surface area contributed by atoms with Gasteiger partial charge in [-0.2, -0.15) is 23.5 Å². The van der Waals surface area contributed by atoms with Crippen molar-refractivity contribution in [2.75, 3.05) is 17.3 Å². The van der Waals surface area contributed by atoms with Crippen molar-refractivity contribution in [2.45, 2.75) is 44.4 Å². The molecular weight excluding hydrogens is 224 g/mol. The summed E-state index contributed by atoms with van der Waals surface area (Å²) in [6, 6.07) is 0.504. The van der Waals surface area contributed by atoms with Gasteiger partial charge in [0.1, 0.15) is 0 Å². The molecule has 0 aromatic carbocycles. The first-order valence-corrected chi connectivity index (χ1v) is 8.13. The van der Waals surface area contributed by atoms with Gasteiger partial charge in [-0.3, -0.25) is 11.3 Å². The predicted octanol–water partition coefficient (Wildman–Crippen LogP) is 2.49. The third kappa shape index (κ3) is 4.98. The van der Waals surface area contributed by atoms with E-state index in [1.54, 1.807) is 0 Å². The second-order valence-electron chi connectivity index (χ2n) is 4.39. The molecule has 1 aliphatic rings. The van der Waals surface area contributed by atoms with Gasteiger partial charge in [-0.1, -0.05) is 26.7 Å². The largest absolute Gasteiger partial charge is 0.271 e. The van der Waals surface area contributed by atoms with Gasteiger partial charge in [0, 0.05) is 28.6 Å². The van der Waals surface area contributed by atoms with Gasteiger partial charge in [0.2, 0.25) is 0 Å². The number of hydrogen-bond donors (Lipinski definition) is 2. The molecule has 1 fully saturated rings. The van der Waals surface area contributed by atoms with E-state index in [0.29, 0.717) is 11.3 Å². The molecule has 0 amide bonds. The maximum absolute atomic E-state index is 5.68. The van der Waals surface area contributed by atoms with Gasteiger partial charge in [-0.15, -0.1) is 0 Å². The van der Waals surface area contributed by atoms with Crippen LogP contribution in [0.15, 0.2) is 0 Å². The van der Waals surface area contributed by atoms with Crippen molar-refractivity contribution in [3.8, 4) is 0 Å². The Labute approximate surface area is 102 Å². The van der Waals surface area contributed by atoms with Gasteiger partial charge in [0.15, 0.2) is 0 Å². The van der Waals surface area contributed by atoms with Crippen LogP contribution >= 0.6 is 23.5 Å². The second kappa shape index (κ2) is 7.82. The van der Waals surface area contributed by atoms with Gasteiger partial charge in [0.25, 0.3) is 0 Å². The van der Waals surface area contributed by atoms with Crippen molar-refractivity contribution >= 4 is 23.5 Å².